The van der Waals surface area contributed by atoms with Crippen LogP contribution in [-0.2, 0) is 6.54 Å². The lowest BCUT2D eigenvalue weighted by Gasteiger charge is -2.14. The number of anilines is 2. The fourth-order valence-corrected chi connectivity index (χ4v) is 3.57. The van der Waals surface area contributed by atoms with E-state index in [0.29, 0.717) is 36.7 Å². The van der Waals surface area contributed by atoms with Crippen molar-refractivity contribution in [2.45, 2.75) is 32.2 Å². The first-order valence-corrected chi connectivity index (χ1v) is 11.3. The number of nitrogens with one attached hydrogen (secondary N) is 2. The molecule has 5 rings (SSSR count). The van der Waals surface area contributed by atoms with Crippen molar-refractivity contribution in [3.05, 3.63) is 86.9 Å². The first-order valence-electron chi connectivity index (χ1n) is 11.0. The molecule has 1 aliphatic carbocycles. The average Bonchev–Trinajstić information content (AvgIpc) is 3.58. The molecule has 0 atom stereocenters. The highest BCUT2D eigenvalue weighted by Gasteiger charge is 2.25. The van der Waals surface area contributed by atoms with Gasteiger partial charge in [-0.05, 0) is 49.6 Å². The summed E-state index contributed by atoms with van der Waals surface area (Å²) in [6.45, 7) is 3.86. The highest BCUT2D eigenvalue weighted by molar-refractivity contribution is 6.29. The normalized spacial score (nSPS) is 15.9. The zero-order valence-electron chi connectivity index (χ0n) is 18.7. The predicted octanol–water partition coefficient (Wildman–Crippen LogP) is 4.09. The Morgan fingerprint density at radius 1 is 1.24 bits per heavy atom. The summed E-state index contributed by atoms with van der Waals surface area (Å²) in [6, 6.07) is 15.6. The number of halogens is 1. The largest absolute Gasteiger partial charge is 0.349 e. The van der Waals surface area contributed by atoms with E-state index in [2.05, 4.69) is 36.8 Å². The molecule has 34 heavy (non-hydrogen) atoms. The highest BCUT2D eigenvalue weighted by atomic mass is 35.5. The van der Waals surface area contributed by atoms with E-state index in [-0.39, 0.29) is 5.96 Å². The van der Waals surface area contributed by atoms with Gasteiger partial charge in [-0.15, -0.1) is 0 Å². The first kappa shape index (κ1) is 23.4. The molecule has 1 aromatic carbocycles. The van der Waals surface area contributed by atoms with Gasteiger partial charge in [0.1, 0.15) is 10.3 Å². The zero-order chi connectivity index (χ0) is 23.9. The molecule has 2 fully saturated rings. The fraction of sp³-hybridized carbons (Fsp3) is 0.304. The van der Waals surface area contributed by atoms with Gasteiger partial charge in [-0.3, -0.25) is 0 Å². The number of pyridine rings is 1. The maximum Gasteiger partial charge on any atom is 0.271 e. The van der Waals surface area contributed by atoms with Crippen LogP contribution in [0.4, 0.5) is 11.6 Å². The van der Waals surface area contributed by atoms with Gasteiger partial charge in [0, 0.05) is 48.8 Å². The van der Waals surface area contributed by atoms with E-state index in [1.807, 2.05) is 43.3 Å². The van der Waals surface area contributed by atoms with Gasteiger partial charge in [0.25, 0.3) is 5.96 Å². The van der Waals surface area contributed by atoms with Crippen LogP contribution in [0.25, 0.3) is 0 Å². The van der Waals surface area contributed by atoms with Crippen LogP contribution in [0.3, 0.4) is 0 Å². The van der Waals surface area contributed by atoms with Gasteiger partial charge in [0.15, 0.2) is 5.03 Å². The molecule has 0 spiro atoms. The average molecular weight is 481 g/mol. The molecule has 10 nitrogen and oxygen atoms in total. The minimum atomic E-state index is -0.708. The Bertz CT molecular complexity index is 1150. The topological polar surface area (TPSA) is 121 Å². The number of hydrogen-bond donors (Lipinski definition) is 2. The van der Waals surface area contributed by atoms with Crippen LogP contribution in [0, 0.1) is 17.0 Å². The van der Waals surface area contributed by atoms with E-state index < -0.39 is 5.03 Å². The monoisotopic (exact) mass is 480 g/mol. The summed E-state index contributed by atoms with van der Waals surface area (Å²) in [4.78, 5) is 25.0. The molecule has 0 radical (unpaired) electrons. The number of aryl methyl sites for hydroxylation is 1. The Hall–Kier alpha value is -3.79. The lowest BCUT2D eigenvalue weighted by atomic mass is 10.2. The third-order valence-corrected chi connectivity index (χ3v) is 5.43. The molecular weight excluding hydrogens is 456 g/mol. The number of hydrazone groups is 1. The van der Waals surface area contributed by atoms with Crippen molar-refractivity contribution < 1.29 is 5.03 Å². The summed E-state index contributed by atoms with van der Waals surface area (Å²) in [5.41, 5.74) is 4.16. The van der Waals surface area contributed by atoms with Crippen LogP contribution < -0.4 is 10.6 Å². The second-order valence-electron chi connectivity index (χ2n) is 8.02. The summed E-state index contributed by atoms with van der Waals surface area (Å²) >= 11 is 5.68. The minimum Gasteiger partial charge on any atom is -0.349 e. The molecule has 2 N–H and O–H groups in total. The molecule has 0 unspecified atom stereocenters. The third kappa shape index (κ3) is 6.85. The summed E-state index contributed by atoms with van der Waals surface area (Å²) in [5, 5.41) is 19.4. The van der Waals surface area contributed by atoms with Gasteiger partial charge < -0.3 is 15.5 Å². The number of nitrogens with zero attached hydrogens (tertiary/aromatic N) is 6. The van der Waals surface area contributed by atoms with Crippen molar-refractivity contribution in [3.8, 4) is 0 Å². The van der Waals surface area contributed by atoms with E-state index in [4.69, 9.17) is 11.6 Å². The van der Waals surface area contributed by atoms with Crippen molar-refractivity contribution in [3.63, 3.8) is 0 Å². The smallest absolute Gasteiger partial charge is 0.271 e. The number of aromatic nitrogens is 3. The minimum absolute atomic E-state index is 0.282. The van der Waals surface area contributed by atoms with Gasteiger partial charge >= 0.3 is 0 Å². The molecule has 11 heteroatoms. The summed E-state index contributed by atoms with van der Waals surface area (Å²) in [6.07, 6.45) is 4.17. The molecule has 176 valence electrons. The van der Waals surface area contributed by atoms with Crippen molar-refractivity contribution in [1.82, 2.24) is 25.2 Å². The highest BCUT2D eigenvalue weighted by Crippen LogP contribution is 2.39. The SMILES string of the molecule is Cc1cc(C2CC2)nc(Nc2ccccc2)n1.O=[N+]([O-])/N=C1\NCCN1Cc1ccc(Cl)nc1. The Kier molecular flexibility index (Phi) is 7.48. The van der Waals surface area contributed by atoms with Gasteiger partial charge in [0.05, 0.1) is 0 Å². The second-order valence-corrected chi connectivity index (χ2v) is 8.41. The molecule has 1 saturated heterocycles. The van der Waals surface area contributed by atoms with Crippen LogP contribution in [0.5, 0.6) is 0 Å². The standard InChI is InChI=1S/C14H15N3.C9H10ClN5O2/c1-10-9-13(11-7-8-11)17-14(15-10)16-12-5-3-2-4-6-12;10-8-2-1-7(5-12-8)6-14-4-3-11-9(14)13-15(16)17/h2-6,9,11H,7-8H2,1H3,(H,15,16,17);1-2,5H,3-4,6H2,(H,11,13). The summed E-state index contributed by atoms with van der Waals surface area (Å²) in [5.74, 6) is 1.65. The maximum absolute atomic E-state index is 10.3. The van der Waals surface area contributed by atoms with E-state index in [0.717, 1.165) is 16.9 Å². The van der Waals surface area contributed by atoms with Gasteiger partial charge in [-0.1, -0.05) is 35.9 Å². The van der Waals surface area contributed by atoms with E-state index in [1.54, 1.807) is 17.2 Å². The Morgan fingerprint density at radius 3 is 2.71 bits per heavy atom. The van der Waals surface area contributed by atoms with Crippen molar-refractivity contribution in [2.75, 3.05) is 18.4 Å². The number of benzene rings is 1. The molecular formula is C23H25ClN8O2. The fourth-order valence-electron chi connectivity index (χ4n) is 3.46. The van der Waals surface area contributed by atoms with E-state index >= 15 is 0 Å². The lowest BCUT2D eigenvalue weighted by molar-refractivity contribution is -0.485. The predicted molar refractivity (Wildman–Crippen MR) is 131 cm³/mol. The quantitative estimate of drug-likeness (QED) is 0.307. The molecule has 2 aromatic heterocycles. The molecule has 1 saturated carbocycles. The number of rotatable bonds is 6. The Balaban J connectivity index is 0.000000161. The lowest BCUT2D eigenvalue weighted by Crippen LogP contribution is -2.30. The van der Waals surface area contributed by atoms with Crippen molar-refractivity contribution in [1.29, 1.82) is 0 Å². The van der Waals surface area contributed by atoms with Crippen LogP contribution in [0.15, 0.2) is 59.8 Å². The zero-order valence-corrected chi connectivity index (χ0v) is 19.4. The van der Waals surface area contributed by atoms with Crippen LogP contribution in [0.2, 0.25) is 5.15 Å². The first-order chi connectivity index (χ1) is 16.5. The third-order valence-electron chi connectivity index (χ3n) is 5.20. The number of hydrogen-bond acceptors (Lipinski definition) is 6. The van der Waals surface area contributed by atoms with Crippen molar-refractivity contribution >= 4 is 29.2 Å². The number of guanidine groups is 1. The molecule has 0 bridgehead atoms. The van der Waals surface area contributed by atoms with Crippen LogP contribution >= 0.6 is 11.6 Å². The van der Waals surface area contributed by atoms with Crippen molar-refractivity contribution in [2.24, 2.45) is 5.10 Å². The maximum atomic E-state index is 10.3. The second kappa shape index (κ2) is 10.9. The van der Waals surface area contributed by atoms with Gasteiger partial charge in [0.2, 0.25) is 5.95 Å². The molecule has 2 aliphatic rings. The molecule has 3 aromatic rings. The summed E-state index contributed by atoms with van der Waals surface area (Å²) < 4.78 is 0. The van der Waals surface area contributed by atoms with Crippen LogP contribution in [-0.4, -0.2) is 43.9 Å². The van der Waals surface area contributed by atoms with Gasteiger partial charge in [-0.2, -0.15) is 0 Å². The summed E-state index contributed by atoms with van der Waals surface area (Å²) in [7, 11) is 0. The molecule has 0 amide bonds. The number of para-hydroxylation sites is 1. The van der Waals surface area contributed by atoms with Gasteiger partial charge in [-0.25, -0.2) is 25.1 Å². The number of nitro groups is 1. The Morgan fingerprint density at radius 2 is 2.03 bits per heavy atom. The Labute approximate surface area is 202 Å². The molecule has 1 aliphatic heterocycles. The molecule has 3 heterocycles. The van der Waals surface area contributed by atoms with E-state index in [1.165, 1.54) is 18.5 Å². The van der Waals surface area contributed by atoms with E-state index in [9.17, 15) is 10.1 Å². The van der Waals surface area contributed by atoms with Crippen LogP contribution in [0.1, 0.15) is 35.7 Å².